The average molecular weight is 1260 g/mol. The van der Waals surface area contributed by atoms with Crippen molar-refractivity contribution < 1.29 is 52.5 Å². The van der Waals surface area contributed by atoms with E-state index in [-0.39, 0.29) is 93.6 Å². The lowest BCUT2D eigenvalue weighted by atomic mass is 9.92. The van der Waals surface area contributed by atoms with E-state index in [1.165, 1.54) is 101 Å². The lowest BCUT2D eigenvalue weighted by Gasteiger charge is -2.42. The number of anilines is 1. The van der Waals surface area contributed by atoms with E-state index >= 15 is 0 Å². The largest absolute Gasteiger partial charge is 0.462 e. The summed E-state index contributed by atoms with van der Waals surface area (Å²) >= 11 is 0. The molecule has 1 amide bonds. The number of carbonyl (C=O) groups excluding carboxylic acids is 6. The van der Waals surface area contributed by atoms with Crippen molar-refractivity contribution in [3.63, 3.8) is 0 Å². The molecule has 3 heterocycles. The summed E-state index contributed by atoms with van der Waals surface area (Å²) in [7, 11) is 1.91. The van der Waals surface area contributed by atoms with Gasteiger partial charge in [0.25, 0.3) is 0 Å². The molecular weight excluding hydrogens is 1150 g/mol. The van der Waals surface area contributed by atoms with E-state index in [0.29, 0.717) is 71.6 Å². The number of likely N-dealkylation sites (tertiary alicyclic amines) is 1. The van der Waals surface area contributed by atoms with Crippen LogP contribution in [0, 0.1) is 37.0 Å². The molecule has 0 aliphatic carbocycles. The van der Waals surface area contributed by atoms with E-state index in [1.807, 2.05) is 50.9 Å². The number of benzene rings is 1. The Kier molecular flexibility index (Phi) is 39.3. The van der Waals surface area contributed by atoms with Crippen LogP contribution in [0.5, 0.6) is 5.75 Å². The van der Waals surface area contributed by atoms with Crippen LogP contribution in [0.3, 0.4) is 0 Å². The van der Waals surface area contributed by atoms with Gasteiger partial charge in [0.15, 0.2) is 11.8 Å². The van der Waals surface area contributed by atoms with E-state index in [9.17, 15) is 28.8 Å². The van der Waals surface area contributed by atoms with Crippen molar-refractivity contribution in [1.29, 1.82) is 5.26 Å². The number of allylic oxidation sites excluding steroid dienone is 4. The van der Waals surface area contributed by atoms with Crippen LogP contribution in [-0.4, -0.2) is 101 Å². The van der Waals surface area contributed by atoms with Crippen molar-refractivity contribution in [2.45, 2.75) is 285 Å². The number of rotatable bonds is 48. The molecule has 506 valence electrons. The number of amides is 1. The van der Waals surface area contributed by atoms with E-state index < -0.39 is 18.2 Å². The average Bonchev–Trinajstić information content (AvgIpc) is 1.77. The third kappa shape index (κ3) is 31.5. The van der Waals surface area contributed by atoms with Gasteiger partial charge in [-0.15, -0.1) is 0 Å². The van der Waals surface area contributed by atoms with Crippen LogP contribution in [0.1, 0.15) is 269 Å². The molecular formula is C74H114N6O11. The maximum absolute atomic E-state index is 13.5. The lowest BCUT2D eigenvalue weighted by Crippen LogP contribution is -2.52. The zero-order valence-corrected chi connectivity index (χ0v) is 57.0. The second kappa shape index (κ2) is 46.5. The van der Waals surface area contributed by atoms with Gasteiger partial charge in [-0.1, -0.05) is 168 Å². The van der Waals surface area contributed by atoms with Crippen LogP contribution in [0.25, 0.3) is 11.0 Å². The summed E-state index contributed by atoms with van der Waals surface area (Å²) in [5, 5.41) is 9.74. The quantitative estimate of drug-likeness (QED) is 0.0169. The van der Waals surface area contributed by atoms with Gasteiger partial charge in [-0.25, -0.2) is 19.3 Å². The van der Waals surface area contributed by atoms with Crippen LogP contribution < -0.4 is 9.64 Å². The highest BCUT2D eigenvalue weighted by molar-refractivity contribution is 5.93. The molecule has 4 rings (SSSR count). The van der Waals surface area contributed by atoms with Crippen molar-refractivity contribution in [2.24, 2.45) is 11.8 Å². The molecule has 1 aromatic carbocycles. The number of fused-ring (bicyclic) bond motifs is 1. The Bertz CT molecular complexity index is 2630. The number of unbranched alkanes of at least 4 members (excludes halogenated alkanes) is 23. The molecule has 17 heteroatoms. The topological polar surface area (TPSA) is 210 Å². The fourth-order valence-corrected chi connectivity index (χ4v) is 11.8. The minimum absolute atomic E-state index is 0.0394. The van der Waals surface area contributed by atoms with Gasteiger partial charge in [0.05, 0.1) is 17.5 Å². The highest BCUT2D eigenvalue weighted by Gasteiger charge is 2.33. The highest BCUT2D eigenvalue weighted by Crippen LogP contribution is 2.31. The minimum atomic E-state index is -0.924. The number of piperidine rings is 1. The van der Waals surface area contributed by atoms with Crippen LogP contribution in [0.15, 0.2) is 55.0 Å². The molecule has 1 unspecified atom stereocenters. The fraction of sp³-hybridized carbons (Fsp3) is 0.689. The number of hydrogen-bond acceptors (Lipinski definition) is 15. The van der Waals surface area contributed by atoms with Crippen LogP contribution in [-0.2, 0) is 49.5 Å². The standard InChI is InChI=1S/C74H114N6O11/c1-8-10-12-14-16-18-20-22-24-26-28-30-32-34-36-41-67(82)87-55-63(56-88-68(83)42-37-35-33-31-29-27-25-23-21-19-17-15-13-11-9-2)90-70(85)50-58(3)40-38-39-43-69(84)91-71-60(5)51-62(52-61(71)6)54-89-74(86)80-49-46-64-72(76-57-77-73(64)80)78(7)65-53-79(48-45-59(65)4)66(81)44-47-75/h22-25,46,49,51-52,57-59,63,65H,8-21,26-45,48,50,53-56H2,1-7H3/b24-22-,25-23-/t58?,59-,65+/m1/s1. The van der Waals surface area contributed by atoms with Crippen LogP contribution in [0.4, 0.5) is 10.6 Å². The van der Waals surface area contributed by atoms with E-state index in [2.05, 4.69) is 55.0 Å². The molecule has 0 radical (unpaired) electrons. The number of nitrogens with zero attached hydrogens (tertiary/aromatic N) is 6. The maximum Gasteiger partial charge on any atom is 0.420 e. The molecule has 3 atom stereocenters. The van der Waals surface area contributed by atoms with Gasteiger partial charge >= 0.3 is 30.0 Å². The molecule has 1 aliphatic heterocycles. The second-order valence-corrected chi connectivity index (χ2v) is 25.5. The molecule has 17 nitrogen and oxygen atoms in total. The van der Waals surface area contributed by atoms with Crippen molar-refractivity contribution in [3.8, 4) is 11.8 Å². The zero-order chi connectivity index (χ0) is 65.9. The van der Waals surface area contributed by atoms with Gasteiger partial charge in [0.1, 0.15) is 44.1 Å². The minimum Gasteiger partial charge on any atom is -0.462 e. The van der Waals surface area contributed by atoms with Crippen LogP contribution >= 0.6 is 0 Å². The third-order valence-corrected chi connectivity index (χ3v) is 17.4. The van der Waals surface area contributed by atoms with E-state index in [4.69, 9.17) is 28.9 Å². The van der Waals surface area contributed by atoms with Gasteiger partial charge in [0.2, 0.25) is 5.91 Å². The fourth-order valence-electron chi connectivity index (χ4n) is 11.8. The monoisotopic (exact) mass is 1260 g/mol. The summed E-state index contributed by atoms with van der Waals surface area (Å²) in [6.07, 6.45) is 44.3. The Morgan fingerprint density at radius 2 is 1.18 bits per heavy atom. The maximum atomic E-state index is 13.5. The zero-order valence-electron chi connectivity index (χ0n) is 57.0. The highest BCUT2D eigenvalue weighted by atomic mass is 16.6. The summed E-state index contributed by atoms with van der Waals surface area (Å²) in [5.74, 6) is -0.525. The smallest absolute Gasteiger partial charge is 0.420 e. The molecule has 1 fully saturated rings. The molecule has 91 heavy (non-hydrogen) atoms. The number of hydrogen-bond donors (Lipinski definition) is 0. The molecule has 0 N–H and O–H groups in total. The molecule has 0 saturated carbocycles. The molecule has 3 aromatic rings. The van der Waals surface area contributed by atoms with Gasteiger partial charge in [-0.2, -0.15) is 5.26 Å². The summed E-state index contributed by atoms with van der Waals surface area (Å²) < 4.78 is 29.9. The molecule has 2 aromatic heterocycles. The first-order chi connectivity index (χ1) is 44.1. The Morgan fingerprint density at radius 3 is 1.71 bits per heavy atom. The number of esters is 4. The summed E-state index contributed by atoms with van der Waals surface area (Å²) in [6, 6.07) is 7.30. The SMILES string of the molecule is CCCCCCCC/C=C\CCCCCCCC(=O)OCC(COC(=O)CCCCCCC/C=C\CCCCCCCC)OC(=O)CC(C)CCCCC(=O)Oc1c(C)cc(COC(=O)n2ccc3c(N(C)[C@H]4CN(C(=O)CC#N)CC[C@H]4C)ncnc32)cc1C. The van der Waals surface area contributed by atoms with Gasteiger partial charge in [0, 0.05) is 52.0 Å². The van der Waals surface area contributed by atoms with Crippen molar-refractivity contribution in [1.82, 2.24) is 19.4 Å². The number of ether oxygens (including phenoxy) is 5. The van der Waals surface area contributed by atoms with E-state index in [0.717, 1.165) is 83.5 Å². The second-order valence-electron chi connectivity index (χ2n) is 25.5. The first-order valence-electron chi connectivity index (χ1n) is 35.1. The third-order valence-electron chi connectivity index (χ3n) is 17.4. The summed E-state index contributed by atoms with van der Waals surface area (Å²) in [4.78, 5) is 90.9. The molecule has 0 spiro atoms. The lowest BCUT2D eigenvalue weighted by molar-refractivity contribution is -0.167. The first-order valence-corrected chi connectivity index (χ1v) is 35.1. The van der Waals surface area contributed by atoms with Gasteiger partial charge in [-0.05, 0) is 138 Å². The molecule has 0 bridgehead atoms. The molecule has 1 aliphatic rings. The predicted molar refractivity (Wildman–Crippen MR) is 360 cm³/mol. The Hall–Kier alpha value is -6.57. The predicted octanol–water partition coefficient (Wildman–Crippen LogP) is 17.4. The Labute approximate surface area is 546 Å². The Morgan fingerprint density at radius 1 is 0.670 bits per heavy atom. The number of aryl methyl sites for hydroxylation is 2. The first kappa shape index (κ1) is 76.9. The van der Waals surface area contributed by atoms with E-state index in [1.54, 1.807) is 17.2 Å². The number of aromatic nitrogens is 3. The number of nitriles is 1. The van der Waals surface area contributed by atoms with Crippen molar-refractivity contribution in [2.75, 3.05) is 38.3 Å². The van der Waals surface area contributed by atoms with Gasteiger partial charge < -0.3 is 33.5 Å². The normalized spacial score (nSPS) is 14.5. The van der Waals surface area contributed by atoms with Crippen molar-refractivity contribution in [3.05, 3.63) is 71.7 Å². The Balaban J connectivity index is 1.17. The van der Waals surface area contributed by atoms with Gasteiger partial charge in [-0.3, -0.25) is 24.0 Å². The number of carbonyl (C=O) groups is 6. The molecule has 1 saturated heterocycles. The van der Waals surface area contributed by atoms with Crippen molar-refractivity contribution >= 4 is 52.7 Å². The number of likely N-dealkylation sites (N-methyl/N-ethyl adjacent to an activating group) is 1. The summed E-state index contributed by atoms with van der Waals surface area (Å²) in [6.45, 7) is 12.9. The summed E-state index contributed by atoms with van der Waals surface area (Å²) in [5.41, 5.74) is 2.51. The van der Waals surface area contributed by atoms with Crippen LogP contribution in [0.2, 0.25) is 0 Å².